The number of nitrogens with two attached hydrogens (primary N) is 1. The largest absolute Gasteiger partial charge is 0.480 e. The molecule has 1 saturated heterocycles. The number of carbonyl (C=O) groups is 8. The van der Waals surface area contributed by atoms with Gasteiger partial charge in [-0.3, -0.25) is 34.3 Å². The molecule has 8 amide bonds. The molecule has 10 N–H and O–H groups in total. The summed E-state index contributed by atoms with van der Waals surface area (Å²) in [5.74, 6) is 4.34. The topological polar surface area (TPSA) is 298 Å². The zero-order chi connectivity index (χ0) is 67.0. The first-order chi connectivity index (χ1) is 42.8. The van der Waals surface area contributed by atoms with Crippen LogP contribution in [0.2, 0.25) is 0 Å². The van der Waals surface area contributed by atoms with Gasteiger partial charge < -0.3 is 57.3 Å². The number of benzene rings is 1. The first-order valence-electron chi connectivity index (χ1n) is 33.2. The number of alkyl carbamates (subject to hydrolysis) is 1. The van der Waals surface area contributed by atoms with Gasteiger partial charge in [0.25, 0.3) is 0 Å². The molecule has 5 aliphatic carbocycles. The molecule has 0 spiro atoms. The first kappa shape index (κ1) is 71.2. The quantitative estimate of drug-likeness (QED) is 0.0108. The lowest BCUT2D eigenvalue weighted by atomic mass is 9.55. The van der Waals surface area contributed by atoms with Crippen LogP contribution in [0.5, 0.6) is 0 Å². The van der Waals surface area contributed by atoms with Crippen molar-refractivity contribution in [2.75, 3.05) is 33.7 Å². The molecule has 0 radical (unpaired) electrons. The Morgan fingerprint density at radius 2 is 1.60 bits per heavy atom. The summed E-state index contributed by atoms with van der Waals surface area (Å²) in [5, 5.41) is 36.6. The van der Waals surface area contributed by atoms with Crippen LogP contribution in [0.4, 0.5) is 9.59 Å². The highest BCUT2D eigenvalue weighted by atomic mass is 16.6. The number of hydrogen-bond donors (Lipinski definition) is 9. The van der Waals surface area contributed by atoms with Gasteiger partial charge in [0.2, 0.25) is 29.5 Å². The number of fused-ring (bicyclic) bond motifs is 1. The molecule has 0 bridgehead atoms. The number of unbranched alkanes of at least 4 members (excludes halogenated alkanes) is 1. The summed E-state index contributed by atoms with van der Waals surface area (Å²) in [7, 11) is 3.90. The molecular weight excluding hydrogens is 1150 g/mol. The van der Waals surface area contributed by atoms with Gasteiger partial charge in [-0.1, -0.05) is 120 Å². The lowest BCUT2D eigenvalue weighted by molar-refractivity contribution is -0.142. The van der Waals surface area contributed by atoms with E-state index < -0.39 is 76.8 Å². The number of likely N-dealkylation sites (N-methyl/N-ethyl adjacent to an activating group) is 2. The third kappa shape index (κ3) is 16.5. The minimum absolute atomic E-state index is 0.0154. The molecule has 21 nitrogen and oxygen atoms in total. The van der Waals surface area contributed by atoms with E-state index in [9.17, 15) is 44.1 Å². The molecule has 1 heterocycles. The van der Waals surface area contributed by atoms with Crippen molar-refractivity contribution in [2.45, 2.75) is 231 Å². The summed E-state index contributed by atoms with van der Waals surface area (Å²) in [6.45, 7) is 23.7. The van der Waals surface area contributed by atoms with Gasteiger partial charge in [0.1, 0.15) is 35.1 Å². The van der Waals surface area contributed by atoms with E-state index in [4.69, 9.17) is 10.5 Å². The van der Waals surface area contributed by atoms with E-state index >= 15 is 4.79 Å². The average Bonchev–Trinajstić information content (AvgIpc) is 1.50. The standard InChI is InChI=1S/C70H105N11O10/c1-14-49-28-33-69(49,68(36-37-68)43-54(83)81-40-30-50-42-70(50,81)67(34-35-67)32-19-18-23-53(82)75-52(61(86)87)41-48-21-16-15-17-22-48)80(13)58(71)55(44(2)3)76-60(85)57(46(6)7)79(12)39-29-47-24-26-51(27-25-47)74-62(88)66(11,31-20-38-73-63(72)89)78-59(84)56(45(4)5)77-64(90)91-65(8,9)10/h15-17,20-22,24,31,45-46,49-52,55-57,71H,2,14,18-19,23,26,28-30,32-43H2,1,3-13H3,(H,74,88)(H,75,82)(H,76,85)(H,77,90)(H,78,84)(H,86,87)(H3,72,73,89)/b31-20+,71-58?/t49-,50?,51?,52+,55+,56+,57+,66?,69?,70-/m1/s1. The smallest absolute Gasteiger partial charge is 0.408 e. The van der Waals surface area contributed by atoms with Crippen LogP contribution in [0.3, 0.4) is 0 Å². The van der Waals surface area contributed by atoms with Gasteiger partial charge >= 0.3 is 18.1 Å². The molecule has 1 aromatic rings. The molecule has 7 rings (SSSR count). The molecule has 21 heteroatoms. The van der Waals surface area contributed by atoms with Crippen LogP contribution in [0, 0.1) is 51.8 Å². The number of carboxylic acid groups (broad SMARTS) is 1. The van der Waals surface area contributed by atoms with E-state index in [1.807, 2.05) is 76.2 Å². The predicted octanol–water partition coefficient (Wildman–Crippen LogP) is 7.64. The van der Waals surface area contributed by atoms with Crippen molar-refractivity contribution < 1.29 is 48.2 Å². The first-order valence-corrected chi connectivity index (χ1v) is 33.2. The lowest BCUT2D eigenvalue weighted by Gasteiger charge is -2.61. The van der Waals surface area contributed by atoms with Gasteiger partial charge in [-0.25, -0.2) is 14.4 Å². The number of urea groups is 1. The van der Waals surface area contributed by atoms with Crippen LogP contribution < -0.4 is 37.6 Å². The highest BCUT2D eigenvalue weighted by molar-refractivity contribution is 5.96. The number of hydrogen-bond acceptors (Lipinski definition) is 11. The highest BCUT2D eigenvalue weighted by Crippen LogP contribution is 2.75. The summed E-state index contributed by atoms with van der Waals surface area (Å²) in [6.07, 6.45) is 17.0. The highest BCUT2D eigenvalue weighted by Gasteiger charge is 2.77. The fourth-order valence-electron chi connectivity index (χ4n) is 15.4. The Labute approximate surface area is 539 Å². The number of amides is 8. The van der Waals surface area contributed by atoms with E-state index in [0.29, 0.717) is 43.7 Å². The lowest BCUT2D eigenvalue weighted by Crippen LogP contribution is -2.68. The Kier molecular flexibility index (Phi) is 22.8. The number of ether oxygens (including phenoxy) is 1. The number of nitrogens with one attached hydrogen (secondary N) is 7. The number of primary amides is 1. The molecule has 6 aliphatic rings. The summed E-state index contributed by atoms with van der Waals surface area (Å²) in [4.78, 5) is 113. The number of aliphatic carboxylic acids is 1. The van der Waals surface area contributed by atoms with E-state index in [-0.39, 0.29) is 77.1 Å². The van der Waals surface area contributed by atoms with Crippen molar-refractivity contribution in [1.82, 2.24) is 46.6 Å². The number of nitrogens with zero attached hydrogens (tertiary/aromatic N) is 3. The maximum Gasteiger partial charge on any atom is 0.408 e. The van der Waals surface area contributed by atoms with Crippen LogP contribution in [0.15, 0.2) is 66.3 Å². The minimum Gasteiger partial charge on any atom is -0.480 e. The Bertz CT molecular complexity index is 3020. The van der Waals surface area contributed by atoms with Gasteiger partial charge in [-0.2, -0.15) is 0 Å². The Morgan fingerprint density at radius 3 is 2.14 bits per heavy atom. The van der Waals surface area contributed by atoms with E-state index in [1.165, 1.54) is 19.1 Å². The fourth-order valence-corrected chi connectivity index (χ4v) is 15.4. The summed E-state index contributed by atoms with van der Waals surface area (Å²) in [5.41, 5.74) is 4.25. The maximum atomic E-state index is 15.1. The Hall–Kier alpha value is -7.21. The second kappa shape index (κ2) is 29.2. The van der Waals surface area contributed by atoms with E-state index in [2.05, 4.69) is 67.0 Å². The Morgan fingerprint density at radius 1 is 0.923 bits per heavy atom. The zero-order valence-corrected chi connectivity index (χ0v) is 56.2. The average molecular weight is 1260 g/mol. The molecule has 0 aromatic heterocycles. The van der Waals surface area contributed by atoms with E-state index in [1.54, 1.807) is 34.6 Å². The van der Waals surface area contributed by atoms with Crippen LogP contribution >= 0.6 is 0 Å². The van der Waals surface area contributed by atoms with Crippen LogP contribution in [0.1, 0.15) is 178 Å². The third-order valence-corrected chi connectivity index (χ3v) is 20.6. The molecule has 4 unspecified atom stereocenters. The summed E-state index contributed by atoms with van der Waals surface area (Å²) in [6, 6.07) is 4.54. The molecule has 10 atom stereocenters. The van der Waals surface area contributed by atoms with Crippen LogP contribution in [0.25, 0.3) is 0 Å². The number of carbonyl (C=O) groups excluding carboxylic acids is 7. The molecule has 1 aromatic carbocycles. The molecule has 4 saturated carbocycles. The number of amidine groups is 1. The SMILES string of the molecule is C=C(C)[C@H](NC(=O)[C@H](C(C)C)N(C)CCC1=CCC(NC(=O)C(C)(/C=C/CNC(N)=O)NC(=O)[C@@H](NC(=O)OC(C)(C)C)C(C)C)C#C1)C(=N)N(C)C1(C2(CC(=O)N3CCC4C[C@]43C3(CCCCC(=O)N[C@@H](Cc4ccccc4)C(=O)O)CC3)CC2)CC[C@H]1CC. The van der Waals surface area contributed by atoms with Crippen LogP contribution in [-0.2, 0) is 39.9 Å². The van der Waals surface area contributed by atoms with Gasteiger partial charge in [0.15, 0.2) is 0 Å². The molecule has 1 aliphatic heterocycles. The maximum absolute atomic E-state index is 15.1. The van der Waals surface area contributed by atoms with Crippen molar-refractivity contribution >= 4 is 53.5 Å². The second-order valence-corrected chi connectivity index (χ2v) is 28.9. The van der Waals surface area contributed by atoms with Gasteiger partial charge in [0.05, 0.1) is 17.6 Å². The Balaban J connectivity index is 0.942. The van der Waals surface area contributed by atoms with Crippen molar-refractivity contribution in [2.24, 2.45) is 40.2 Å². The minimum atomic E-state index is -1.65. The third-order valence-electron chi connectivity index (χ3n) is 20.6. The number of likely N-dealkylation sites (tertiary alicyclic amines) is 1. The second-order valence-electron chi connectivity index (χ2n) is 28.9. The number of rotatable bonds is 33. The van der Waals surface area contributed by atoms with Crippen molar-refractivity contribution in [3.05, 3.63) is 71.8 Å². The van der Waals surface area contributed by atoms with Crippen molar-refractivity contribution in [3.8, 4) is 11.8 Å². The molecular formula is C70H105N11O10. The van der Waals surface area contributed by atoms with Gasteiger partial charge in [-0.15, -0.1) is 0 Å². The molecule has 91 heavy (non-hydrogen) atoms. The molecule has 500 valence electrons. The summed E-state index contributed by atoms with van der Waals surface area (Å²) < 4.78 is 5.39. The van der Waals surface area contributed by atoms with Crippen molar-refractivity contribution in [3.63, 3.8) is 0 Å². The van der Waals surface area contributed by atoms with Crippen LogP contribution in [-0.4, -0.2) is 159 Å². The predicted molar refractivity (Wildman–Crippen MR) is 351 cm³/mol. The fraction of sp³-hybridized carbons (Fsp3) is 0.671. The zero-order valence-electron chi connectivity index (χ0n) is 56.2. The normalized spacial score (nSPS) is 24.3. The van der Waals surface area contributed by atoms with E-state index in [0.717, 1.165) is 88.3 Å². The monoisotopic (exact) mass is 1260 g/mol. The molecule has 5 fully saturated rings. The number of carboxylic acids is 1. The van der Waals surface area contributed by atoms with Gasteiger partial charge in [-0.05, 0) is 159 Å². The van der Waals surface area contributed by atoms with Gasteiger partial charge in [0, 0.05) is 56.9 Å². The van der Waals surface area contributed by atoms with Crippen molar-refractivity contribution in [1.29, 1.82) is 5.41 Å². The number of piperidine rings is 1. The summed E-state index contributed by atoms with van der Waals surface area (Å²) >= 11 is 0.